The third kappa shape index (κ3) is 3.85. The first-order chi connectivity index (χ1) is 13.7. The van der Waals surface area contributed by atoms with Gasteiger partial charge in [0.15, 0.2) is 0 Å². The molecule has 0 aromatic carbocycles. The summed E-state index contributed by atoms with van der Waals surface area (Å²) in [5, 5.41) is 9.65. The molecule has 1 aliphatic rings. The zero-order valence-corrected chi connectivity index (χ0v) is 16.9. The molecule has 0 radical (unpaired) electrons. The van der Waals surface area contributed by atoms with Crippen molar-refractivity contribution in [3.8, 4) is 6.07 Å². The Kier molecular flexibility index (Phi) is 5.17. The Morgan fingerprint density at radius 1 is 1.28 bits per heavy atom. The highest BCUT2D eigenvalue weighted by atomic mass is 16.6. The zero-order valence-electron chi connectivity index (χ0n) is 16.9. The maximum Gasteiger partial charge on any atom is 0.410 e. The first-order valence-corrected chi connectivity index (χ1v) is 9.20. The first-order valence-electron chi connectivity index (χ1n) is 9.20. The third-order valence-corrected chi connectivity index (χ3v) is 4.67. The zero-order chi connectivity index (χ0) is 21.3. The van der Waals surface area contributed by atoms with E-state index in [4.69, 9.17) is 11.3 Å². The van der Waals surface area contributed by atoms with E-state index in [-0.39, 0.29) is 17.5 Å². The van der Waals surface area contributed by atoms with Crippen LogP contribution in [0.3, 0.4) is 0 Å². The summed E-state index contributed by atoms with van der Waals surface area (Å²) in [7, 11) is 1.58. The summed E-state index contributed by atoms with van der Waals surface area (Å²) in [5.41, 5.74) is 0.389. The fraction of sp³-hybridized carbons (Fsp3) is 0.450. The molecule has 2 aromatic rings. The van der Waals surface area contributed by atoms with Gasteiger partial charge in [0.05, 0.1) is 5.52 Å². The maximum atomic E-state index is 12.7. The van der Waals surface area contributed by atoms with E-state index in [2.05, 4.69) is 9.83 Å². The molecule has 1 amide bonds. The molecule has 3 heterocycles. The quantitative estimate of drug-likeness (QED) is 0.689. The standard InChI is InChI=1S/C20H22N6O3/c1-20(2,3)29-19(28)26-10-8-25(9-11-26)17-13(12-21)18(27)24(5)14-6-7-15(22-4)23-16(14)17/h6-7H,8-11H2,1-3,5H3. The fourth-order valence-electron chi connectivity index (χ4n) is 3.29. The number of aryl methyl sites for hydroxylation is 1. The average Bonchev–Trinajstić information content (AvgIpc) is 2.68. The van der Waals surface area contributed by atoms with Gasteiger partial charge in [-0.2, -0.15) is 5.26 Å². The van der Waals surface area contributed by atoms with Crippen molar-refractivity contribution in [2.45, 2.75) is 26.4 Å². The fourth-order valence-corrected chi connectivity index (χ4v) is 3.29. The smallest absolute Gasteiger partial charge is 0.410 e. The van der Waals surface area contributed by atoms with Gasteiger partial charge in [0, 0.05) is 33.2 Å². The molecule has 0 unspecified atom stereocenters. The van der Waals surface area contributed by atoms with Gasteiger partial charge in [-0.05, 0) is 32.9 Å². The monoisotopic (exact) mass is 394 g/mol. The minimum absolute atomic E-state index is 0.0136. The number of carbonyl (C=O) groups excluding carboxylic acids is 1. The second-order valence-corrected chi connectivity index (χ2v) is 7.80. The molecule has 0 saturated carbocycles. The number of amides is 1. The highest BCUT2D eigenvalue weighted by Crippen LogP contribution is 2.29. The topological polar surface area (TPSA) is 95.8 Å². The van der Waals surface area contributed by atoms with Gasteiger partial charge in [-0.1, -0.05) is 6.57 Å². The molecule has 1 aliphatic heterocycles. The number of fused-ring (bicyclic) bond motifs is 1. The number of hydrogen-bond donors (Lipinski definition) is 0. The number of carbonyl (C=O) groups is 1. The van der Waals surface area contributed by atoms with Crippen LogP contribution in [-0.2, 0) is 11.8 Å². The molecule has 1 saturated heterocycles. The lowest BCUT2D eigenvalue weighted by atomic mass is 10.1. The largest absolute Gasteiger partial charge is 0.444 e. The molecular formula is C20H22N6O3. The SMILES string of the molecule is [C-]#[N+]c1ccc2c(n1)c(N1CCN(C(=O)OC(C)(C)C)CC1)c(C#N)c(=O)n2C. The average molecular weight is 394 g/mol. The Morgan fingerprint density at radius 2 is 1.93 bits per heavy atom. The minimum atomic E-state index is -0.579. The Morgan fingerprint density at radius 3 is 2.48 bits per heavy atom. The van der Waals surface area contributed by atoms with Crippen LogP contribution in [0.5, 0.6) is 0 Å². The van der Waals surface area contributed by atoms with Crippen LogP contribution in [0.25, 0.3) is 15.9 Å². The van der Waals surface area contributed by atoms with Crippen LogP contribution in [0.4, 0.5) is 16.3 Å². The summed E-state index contributed by atoms with van der Waals surface area (Å²) >= 11 is 0. The van der Waals surface area contributed by atoms with Crippen molar-refractivity contribution in [1.29, 1.82) is 5.26 Å². The van der Waals surface area contributed by atoms with Crippen LogP contribution in [0.1, 0.15) is 26.3 Å². The van der Waals surface area contributed by atoms with Crippen molar-refractivity contribution >= 4 is 28.6 Å². The van der Waals surface area contributed by atoms with E-state index < -0.39 is 11.2 Å². The van der Waals surface area contributed by atoms with E-state index in [1.165, 1.54) is 4.57 Å². The Balaban J connectivity index is 2.00. The molecule has 0 aliphatic carbocycles. The van der Waals surface area contributed by atoms with Gasteiger partial charge >= 0.3 is 6.09 Å². The van der Waals surface area contributed by atoms with E-state index in [0.717, 1.165) is 0 Å². The van der Waals surface area contributed by atoms with E-state index in [0.29, 0.717) is 42.9 Å². The van der Waals surface area contributed by atoms with Crippen molar-refractivity contribution in [3.05, 3.63) is 39.5 Å². The highest BCUT2D eigenvalue weighted by Gasteiger charge is 2.30. The molecule has 9 heteroatoms. The number of nitriles is 1. The number of pyridine rings is 2. The summed E-state index contributed by atoms with van der Waals surface area (Å²) in [6.07, 6.45) is -0.389. The van der Waals surface area contributed by atoms with Crippen molar-refractivity contribution in [2.75, 3.05) is 31.1 Å². The second kappa shape index (κ2) is 7.44. The normalized spacial score (nSPS) is 14.4. The molecule has 0 N–H and O–H groups in total. The molecule has 0 spiro atoms. The first kappa shape index (κ1) is 20.2. The molecule has 150 valence electrons. The number of piperazine rings is 1. The van der Waals surface area contributed by atoms with Gasteiger partial charge in [-0.15, -0.1) is 4.98 Å². The van der Waals surface area contributed by atoms with Crippen molar-refractivity contribution in [3.63, 3.8) is 0 Å². The second-order valence-electron chi connectivity index (χ2n) is 7.80. The molecule has 0 atom stereocenters. The van der Waals surface area contributed by atoms with Gasteiger partial charge in [0.2, 0.25) is 5.52 Å². The number of aromatic nitrogens is 2. The van der Waals surface area contributed by atoms with Crippen molar-refractivity contribution in [2.24, 2.45) is 7.05 Å². The number of rotatable bonds is 1. The highest BCUT2D eigenvalue weighted by molar-refractivity contribution is 5.92. The van der Waals surface area contributed by atoms with Crippen molar-refractivity contribution in [1.82, 2.24) is 14.5 Å². The van der Waals surface area contributed by atoms with Crippen molar-refractivity contribution < 1.29 is 9.53 Å². The number of nitrogens with zero attached hydrogens (tertiary/aromatic N) is 6. The minimum Gasteiger partial charge on any atom is -0.444 e. The third-order valence-electron chi connectivity index (χ3n) is 4.67. The predicted octanol–water partition coefficient (Wildman–Crippen LogP) is 2.41. The van der Waals surface area contributed by atoms with E-state index in [1.807, 2.05) is 31.7 Å². The van der Waals surface area contributed by atoms with Crippen LogP contribution in [0.15, 0.2) is 16.9 Å². The number of ether oxygens (including phenoxy) is 1. The number of anilines is 1. The lowest BCUT2D eigenvalue weighted by Crippen LogP contribution is -2.50. The lowest BCUT2D eigenvalue weighted by molar-refractivity contribution is 0.0240. The predicted molar refractivity (Wildman–Crippen MR) is 108 cm³/mol. The van der Waals surface area contributed by atoms with Gasteiger partial charge in [0.1, 0.15) is 22.9 Å². The summed E-state index contributed by atoms with van der Waals surface area (Å²) in [6.45, 7) is 14.3. The molecule has 0 bridgehead atoms. The van der Waals surface area contributed by atoms with E-state index >= 15 is 0 Å². The summed E-state index contributed by atoms with van der Waals surface area (Å²) in [5.74, 6) is 0.189. The number of hydrogen-bond acceptors (Lipinski definition) is 6. The maximum absolute atomic E-state index is 12.7. The molecular weight excluding hydrogens is 372 g/mol. The molecule has 2 aromatic heterocycles. The van der Waals surface area contributed by atoms with Gasteiger partial charge in [-0.3, -0.25) is 4.79 Å². The van der Waals surface area contributed by atoms with Crippen LogP contribution in [0, 0.1) is 17.9 Å². The molecule has 29 heavy (non-hydrogen) atoms. The van der Waals surface area contributed by atoms with Crippen LogP contribution < -0.4 is 10.5 Å². The summed E-state index contributed by atoms with van der Waals surface area (Å²) < 4.78 is 6.79. The molecule has 3 rings (SSSR count). The Hall–Kier alpha value is -3.59. The molecule has 1 fully saturated rings. The van der Waals surface area contributed by atoms with Gasteiger partial charge in [-0.25, -0.2) is 4.79 Å². The summed E-state index contributed by atoms with van der Waals surface area (Å²) in [4.78, 5) is 36.2. The van der Waals surface area contributed by atoms with Gasteiger partial charge < -0.3 is 23.9 Å². The van der Waals surface area contributed by atoms with E-state index in [1.54, 1.807) is 24.1 Å². The van der Waals surface area contributed by atoms with E-state index in [9.17, 15) is 14.9 Å². The lowest BCUT2D eigenvalue weighted by Gasteiger charge is -2.36. The van der Waals surface area contributed by atoms with Crippen LogP contribution in [-0.4, -0.2) is 52.3 Å². The van der Waals surface area contributed by atoms with Crippen LogP contribution in [0.2, 0.25) is 0 Å². The van der Waals surface area contributed by atoms with Gasteiger partial charge in [0.25, 0.3) is 11.4 Å². The Labute approximate surface area is 168 Å². The molecule has 9 nitrogen and oxygen atoms in total. The van der Waals surface area contributed by atoms with Crippen LogP contribution >= 0.6 is 0 Å². The summed E-state index contributed by atoms with van der Waals surface area (Å²) in [6, 6.07) is 5.21. The Bertz CT molecular complexity index is 1110.